The maximum absolute atomic E-state index is 11.5. The Hall–Kier alpha value is -5.10. The molecular formula is C25H25ClN2O15. The van der Waals surface area contributed by atoms with Gasteiger partial charge in [-0.2, -0.15) is 0 Å². The van der Waals surface area contributed by atoms with E-state index in [-0.39, 0.29) is 16.1 Å². The summed E-state index contributed by atoms with van der Waals surface area (Å²) in [6.45, 7) is 0.655. The van der Waals surface area contributed by atoms with Crippen LogP contribution in [0.1, 0.15) is 40.2 Å². The van der Waals surface area contributed by atoms with Crippen molar-refractivity contribution < 1.29 is 76.3 Å². The summed E-state index contributed by atoms with van der Waals surface area (Å²) < 4.78 is 0. The lowest BCUT2D eigenvalue weighted by atomic mass is 9.66. The highest BCUT2D eigenvalue weighted by atomic mass is 35.5. The number of carboxylic acid groups (broad SMARTS) is 1. The number of aliphatic hydroxyl groups is 2. The van der Waals surface area contributed by atoms with Crippen LogP contribution < -0.4 is 10.6 Å². The first kappa shape index (κ1) is 30.8. The van der Waals surface area contributed by atoms with Crippen molar-refractivity contribution >= 4 is 23.3 Å². The van der Waals surface area contributed by atoms with E-state index in [9.17, 15) is 76.3 Å². The molecule has 0 spiro atoms. The fourth-order valence-corrected chi connectivity index (χ4v) is 5.49. The molecule has 1 aliphatic carbocycles. The van der Waals surface area contributed by atoms with E-state index in [1.165, 1.54) is 6.92 Å². The number of phenols is 11. The van der Waals surface area contributed by atoms with E-state index in [1.54, 1.807) is 0 Å². The van der Waals surface area contributed by atoms with Gasteiger partial charge in [0.2, 0.25) is 23.2 Å². The molecule has 4 rings (SSSR count). The highest BCUT2D eigenvalue weighted by Gasteiger charge is 2.52. The van der Waals surface area contributed by atoms with Crippen molar-refractivity contribution in [3.63, 3.8) is 0 Å². The van der Waals surface area contributed by atoms with Crippen molar-refractivity contribution in [3.8, 4) is 74.4 Å². The van der Waals surface area contributed by atoms with E-state index in [4.69, 9.17) is 11.6 Å². The monoisotopic (exact) mass is 628 g/mol. The Balaban J connectivity index is 1.63. The molecule has 0 saturated heterocycles. The zero-order chi connectivity index (χ0) is 32.5. The first-order valence-corrected chi connectivity index (χ1v) is 12.4. The second-order valence-corrected chi connectivity index (χ2v) is 10.0. The smallest absolute Gasteiger partial charge is 0.343 e. The third kappa shape index (κ3) is 4.41. The highest BCUT2D eigenvalue weighted by Crippen LogP contribution is 2.62. The normalized spacial score (nSPS) is 16.0. The number of rotatable bonds is 8. The van der Waals surface area contributed by atoms with Crippen molar-refractivity contribution in [2.24, 2.45) is 0 Å². The average molecular weight is 629 g/mol. The van der Waals surface area contributed by atoms with Gasteiger partial charge < -0.3 is 76.8 Å². The predicted octanol–water partition coefficient (Wildman–Crippen LogP) is 1.01. The number of carbonyl (C=O) groups is 1. The van der Waals surface area contributed by atoms with E-state index >= 15 is 0 Å². The molecule has 43 heavy (non-hydrogen) atoms. The Morgan fingerprint density at radius 2 is 1.19 bits per heavy atom. The lowest BCUT2D eigenvalue weighted by Gasteiger charge is -2.45. The van der Waals surface area contributed by atoms with Gasteiger partial charge in [-0.1, -0.05) is 18.5 Å². The molecule has 0 aromatic heterocycles. The van der Waals surface area contributed by atoms with Gasteiger partial charge in [-0.15, -0.1) is 0 Å². The van der Waals surface area contributed by atoms with Crippen LogP contribution in [0.3, 0.4) is 0 Å². The summed E-state index contributed by atoms with van der Waals surface area (Å²) in [5.41, 5.74) is -4.38. The second-order valence-electron chi connectivity index (χ2n) is 9.63. The number of halogens is 1. The molecule has 232 valence electrons. The third-order valence-electron chi connectivity index (χ3n) is 7.21. The molecule has 1 aliphatic rings. The summed E-state index contributed by atoms with van der Waals surface area (Å²) in [6.07, 6.45) is 0. The Bertz CT molecular complexity index is 1690. The highest BCUT2D eigenvalue weighted by molar-refractivity contribution is 6.33. The zero-order valence-electron chi connectivity index (χ0n) is 21.6. The van der Waals surface area contributed by atoms with Crippen LogP contribution in [-0.4, -0.2) is 96.5 Å². The summed E-state index contributed by atoms with van der Waals surface area (Å²) >= 11 is 6.00. The number of hydrogen-bond acceptors (Lipinski definition) is 16. The molecule has 0 fully saturated rings. The second kappa shape index (κ2) is 10.3. The summed E-state index contributed by atoms with van der Waals surface area (Å²) in [5.74, 6) is -20.3. The molecule has 0 aliphatic heterocycles. The number of hydrogen-bond donors (Lipinski definition) is 16. The molecule has 17 nitrogen and oxygen atoms in total. The molecule has 18 heteroatoms. The summed E-state index contributed by atoms with van der Waals surface area (Å²) in [6, 6.07) is 0. The Labute approximate surface area is 244 Å². The zero-order valence-corrected chi connectivity index (χ0v) is 22.4. The fraction of sp³-hybridized carbons (Fsp3) is 0.240. The van der Waals surface area contributed by atoms with Crippen LogP contribution in [0, 0.1) is 0 Å². The van der Waals surface area contributed by atoms with Gasteiger partial charge in [0, 0.05) is 18.7 Å². The minimum absolute atomic E-state index is 0.154. The molecule has 0 radical (unpaired) electrons. The van der Waals surface area contributed by atoms with E-state index in [0.717, 1.165) is 0 Å². The number of carboxylic acids is 1. The van der Waals surface area contributed by atoms with Crippen molar-refractivity contribution in [2.75, 3.05) is 18.4 Å². The standard InChI is InChI=1S/C25H25ClN2O15/c1-4-5-6(15(31)22(38)19(35)11(5)26)10(4)25(42,43)28-3-2-27-12-14(30)8(17(33)23(39)20(12)36)7-13(29)9(24(40)41)18(34)21(37)16(7)32/h4,10,27-39,42-43H,2-3H2,1H3,(H,40,41). The van der Waals surface area contributed by atoms with E-state index in [2.05, 4.69) is 10.6 Å². The van der Waals surface area contributed by atoms with Gasteiger partial charge in [-0.05, 0) is 11.5 Å². The SMILES string of the molecule is CC1c2c(Cl)c(O)c(O)c(O)c2C1C(O)(O)NCCNc1c(O)c(O)c(O)c(-c2c(O)c(O)c(O)c(C(=O)O)c2O)c1O. The van der Waals surface area contributed by atoms with Crippen molar-refractivity contribution in [1.29, 1.82) is 0 Å². The number of aromatic carboxylic acids is 1. The van der Waals surface area contributed by atoms with Crippen LogP contribution in [0.2, 0.25) is 5.02 Å². The van der Waals surface area contributed by atoms with Gasteiger partial charge in [0.1, 0.15) is 17.0 Å². The van der Waals surface area contributed by atoms with Crippen LogP contribution in [0.25, 0.3) is 11.1 Å². The van der Waals surface area contributed by atoms with Gasteiger partial charge in [-0.3, -0.25) is 5.32 Å². The Kier molecular flexibility index (Phi) is 7.40. The summed E-state index contributed by atoms with van der Waals surface area (Å²) in [4.78, 5) is 11.5. The molecular weight excluding hydrogens is 604 g/mol. The van der Waals surface area contributed by atoms with Crippen LogP contribution in [-0.2, 0) is 0 Å². The van der Waals surface area contributed by atoms with E-state index < -0.39 is 122 Å². The van der Waals surface area contributed by atoms with Crippen LogP contribution in [0.4, 0.5) is 5.69 Å². The molecule has 0 bridgehead atoms. The van der Waals surface area contributed by atoms with Crippen molar-refractivity contribution in [3.05, 3.63) is 21.7 Å². The quantitative estimate of drug-likeness (QED) is 0.0715. The van der Waals surface area contributed by atoms with E-state index in [0.29, 0.717) is 0 Å². The van der Waals surface area contributed by atoms with Crippen LogP contribution in [0.5, 0.6) is 63.2 Å². The Morgan fingerprint density at radius 1 is 0.674 bits per heavy atom. The van der Waals surface area contributed by atoms with Gasteiger partial charge in [0.15, 0.2) is 40.2 Å². The van der Waals surface area contributed by atoms with Crippen molar-refractivity contribution in [2.45, 2.75) is 24.7 Å². The number of nitrogens with one attached hydrogen (secondary N) is 2. The topological polar surface area (TPSA) is 324 Å². The minimum atomic E-state index is -2.78. The van der Waals surface area contributed by atoms with Crippen molar-refractivity contribution in [1.82, 2.24) is 5.32 Å². The maximum Gasteiger partial charge on any atom is 0.343 e. The maximum atomic E-state index is 11.5. The third-order valence-corrected chi connectivity index (χ3v) is 7.59. The lowest BCUT2D eigenvalue weighted by molar-refractivity contribution is -0.211. The predicted molar refractivity (Wildman–Crippen MR) is 143 cm³/mol. The molecule has 16 N–H and O–H groups in total. The average Bonchev–Trinajstić information content (AvgIpc) is 2.92. The number of aromatic hydroxyl groups is 11. The molecule has 2 atom stereocenters. The number of benzene rings is 3. The van der Waals surface area contributed by atoms with Gasteiger partial charge in [0.05, 0.1) is 22.1 Å². The molecule has 0 amide bonds. The number of phenolic OH excluding ortho intramolecular Hbond substituents is 9. The first-order valence-electron chi connectivity index (χ1n) is 12.0. The van der Waals surface area contributed by atoms with E-state index in [1.807, 2.05) is 0 Å². The van der Waals surface area contributed by atoms with Gasteiger partial charge in [0.25, 0.3) is 0 Å². The van der Waals surface area contributed by atoms with Crippen LogP contribution >= 0.6 is 11.6 Å². The molecule has 2 unspecified atom stereocenters. The Morgan fingerprint density at radius 3 is 1.74 bits per heavy atom. The summed E-state index contributed by atoms with van der Waals surface area (Å²) in [7, 11) is 0. The lowest BCUT2D eigenvalue weighted by Crippen LogP contribution is -2.55. The molecule has 3 aromatic carbocycles. The van der Waals surface area contributed by atoms with Crippen LogP contribution in [0.15, 0.2) is 0 Å². The largest absolute Gasteiger partial charge is 0.506 e. The van der Waals surface area contributed by atoms with Gasteiger partial charge >= 0.3 is 5.97 Å². The number of anilines is 1. The van der Waals surface area contributed by atoms with Gasteiger partial charge in [-0.25, -0.2) is 4.79 Å². The fourth-order valence-electron chi connectivity index (χ4n) is 5.13. The minimum Gasteiger partial charge on any atom is -0.506 e. The molecule has 0 saturated carbocycles. The molecule has 3 aromatic rings. The molecule has 0 heterocycles. The first-order chi connectivity index (χ1) is 19.9. The summed E-state index contributed by atoms with van der Waals surface area (Å²) in [5, 5.41) is 147. The number of fused-ring (bicyclic) bond motifs is 1.